The fourth-order valence-corrected chi connectivity index (χ4v) is 4.16. The second-order valence-electron chi connectivity index (χ2n) is 8.22. The molecule has 3 heterocycles. The molecule has 2 aromatic heterocycles. The number of carbonyl (C=O) groups excluding carboxylic acids is 1. The quantitative estimate of drug-likeness (QED) is 0.583. The van der Waals surface area contributed by atoms with Crippen molar-refractivity contribution in [3.05, 3.63) is 71.3 Å². The highest BCUT2D eigenvalue weighted by Crippen LogP contribution is 2.30. The number of likely N-dealkylation sites (tertiary alicyclic amines) is 1. The smallest absolute Gasteiger partial charge is 0.259 e. The molecule has 1 fully saturated rings. The molecule has 1 N–H and O–H groups in total. The van der Waals surface area contributed by atoms with E-state index in [1.165, 1.54) is 0 Å². The van der Waals surface area contributed by atoms with Crippen LogP contribution in [0.15, 0.2) is 42.9 Å². The number of aromatic nitrogens is 4. The molecule has 0 saturated carbocycles. The molecule has 172 valence electrons. The monoisotopic (exact) mass is 446 g/mol. The van der Waals surface area contributed by atoms with Crippen LogP contribution in [-0.4, -0.2) is 44.4 Å². The first-order valence-electron chi connectivity index (χ1n) is 11.4. The number of methoxy groups -OCH3 is 1. The van der Waals surface area contributed by atoms with Gasteiger partial charge in [-0.05, 0) is 38.4 Å². The van der Waals surface area contributed by atoms with Crippen LogP contribution >= 0.6 is 0 Å². The van der Waals surface area contributed by atoms with E-state index in [9.17, 15) is 4.79 Å². The number of nitrogens with zero attached hydrogens (tertiary/aromatic N) is 5. The molecule has 1 atom stereocenters. The molecule has 1 aromatic carbocycles. The van der Waals surface area contributed by atoms with E-state index >= 15 is 0 Å². The van der Waals surface area contributed by atoms with Gasteiger partial charge in [0.1, 0.15) is 17.4 Å². The van der Waals surface area contributed by atoms with Crippen molar-refractivity contribution in [2.75, 3.05) is 19.0 Å². The molecule has 1 aliphatic heterocycles. The van der Waals surface area contributed by atoms with E-state index in [1.807, 2.05) is 31.5 Å². The van der Waals surface area contributed by atoms with Gasteiger partial charge in [-0.2, -0.15) is 0 Å². The van der Waals surface area contributed by atoms with Crippen LogP contribution in [0.4, 0.5) is 5.69 Å². The van der Waals surface area contributed by atoms with Gasteiger partial charge in [0.05, 0.1) is 30.1 Å². The Labute approximate surface area is 194 Å². The predicted molar refractivity (Wildman–Crippen MR) is 126 cm³/mol. The minimum Gasteiger partial charge on any atom is -0.495 e. The first-order valence-corrected chi connectivity index (χ1v) is 11.4. The second-order valence-corrected chi connectivity index (χ2v) is 8.22. The molecule has 3 aromatic rings. The molecule has 8 heteroatoms. The van der Waals surface area contributed by atoms with E-state index in [-0.39, 0.29) is 11.9 Å². The average molecular weight is 447 g/mol. The van der Waals surface area contributed by atoms with Gasteiger partial charge >= 0.3 is 0 Å². The normalized spacial score (nSPS) is 16.4. The highest BCUT2D eigenvalue weighted by molar-refractivity contribution is 6.05. The molecule has 0 spiro atoms. The van der Waals surface area contributed by atoms with Crippen LogP contribution < -0.4 is 10.1 Å². The third-order valence-electron chi connectivity index (χ3n) is 5.97. The fraction of sp³-hybridized carbons (Fsp3) is 0.400. The molecule has 0 radical (unpaired) electrons. The van der Waals surface area contributed by atoms with Crippen molar-refractivity contribution in [3.8, 4) is 5.75 Å². The highest BCUT2D eigenvalue weighted by atomic mass is 16.5. The zero-order valence-electron chi connectivity index (χ0n) is 19.4. The molecule has 0 bridgehead atoms. The van der Waals surface area contributed by atoms with Gasteiger partial charge in [-0.1, -0.05) is 25.5 Å². The number of para-hydroxylation sites is 2. The van der Waals surface area contributed by atoms with Crippen LogP contribution in [0.25, 0.3) is 0 Å². The molecule has 8 nitrogen and oxygen atoms in total. The lowest BCUT2D eigenvalue weighted by molar-refractivity contribution is 0.102. The lowest BCUT2D eigenvalue weighted by Crippen LogP contribution is -2.34. The summed E-state index contributed by atoms with van der Waals surface area (Å²) < 4.78 is 5.32. The standard InChI is InChI=1S/C25H30N6O2/c1-4-23-26-13-18(14-27-23)16-31-12-8-7-10-21(31)24-28-15-19(17(2)29-24)25(32)30-20-9-5-6-11-22(20)33-3/h5-6,9,11,13-15,21H,4,7-8,10,12,16H2,1-3H3,(H,30,32). The number of piperidine rings is 1. The van der Waals surface area contributed by atoms with Crippen LogP contribution in [-0.2, 0) is 13.0 Å². The number of hydrogen-bond acceptors (Lipinski definition) is 7. The molecular weight excluding hydrogens is 416 g/mol. The molecule has 0 aliphatic carbocycles. The SMILES string of the molecule is CCc1ncc(CN2CCCCC2c2ncc(C(=O)Nc3ccccc3OC)c(C)n2)cn1. The zero-order chi connectivity index (χ0) is 23.2. The summed E-state index contributed by atoms with van der Waals surface area (Å²) >= 11 is 0. The number of ether oxygens (including phenoxy) is 1. The Morgan fingerprint density at radius 3 is 2.67 bits per heavy atom. The van der Waals surface area contributed by atoms with Crippen molar-refractivity contribution < 1.29 is 9.53 Å². The van der Waals surface area contributed by atoms with Gasteiger partial charge in [-0.15, -0.1) is 0 Å². The van der Waals surface area contributed by atoms with Crippen molar-refractivity contribution >= 4 is 11.6 Å². The Morgan fingerprint density at radius 2 is 1.94 bits per heavy atom. The van der Waals surface area contributed by atoms with Crippen molar-refractivity contribution in [1.29, 1.82) is 0 Å². The number of anilines is 1. The van der Waals surface area contributed by atoms with Crippen molar-refractivity contribution in [2.45, 2.75) is 52.1 Å². The number of nitrogens with one attached hydrogen (secondary N) is 1. The van der Waals surface area contributed by atoms with Crippen LogP contribution in [0.5, 0.6) is 5.75 Å². The topological polar surface area (TPSA) is 93.1 Å². The second kappa shape index (κ2) is 10.5. The van der Waals surface area contributed by atoms with E-state index in [1.54, 1.807) is 25.4 Å². The minimum absolute atomic E-state index is 0.106. The van der Waals surface area contributed by atoms with E-state index in [2.05, 4.69) is 32.1 Å². The average Bonchev–Trinajstić information content (AvgIpc) is 2.85. The maximum Gasteiger partial charge on any atom is 0.259 e. The maximum absolute atomic E-state index is 12.9. The Balaban J connectivity index is 1.50. The van der Waals surface area contributed by atoms with Gasteiger partial charge in [0.2, 0.25) is 0 Å². The van der Waals surface area contributed by atoms with Gasteiger partial charge < -0.3 is 10.1 Å². The molecule has 1 aliphatic rings. The molecule has 4 rings (SSSR count). The largest absolute Gasteiger partial charge is 0.495 e. The van der Waals surface area contributed by atoms with E-state index in [0.29, 0.717) is 22.7 Å². The summed E-state index contributed by atoms with van der Waals surface area (Å²) in [6.45, 7) is 5.63. The summed E-state index contributed by atoms with van der Waals surface area (Å²) in [5, 5.41) is 2.90. The van der Waals surface area contributed by atoms with Gasteiger partial charge in [0.15, 0.2) is 0 Å². The number of hydrogen-bond donors (Lipinski definition) is 1. The number of benzene rings is 1. The van der Waals surface area contributed by atoms with Crippen molar-refractivity contribution in [3.63, 3.8) is 0 Å². The van der Waals surface area contributed by atoms with Crippen LogP contribution in [0.2, 0.25) is 0 Å². The van der Waals surface area contributed by atoms with Gasteiger partial charge in [-0.3, -0.25) is 9.69 Å². The van der Waals surface area contributed by atoms with Crippen LogP contribution in [0.3, 0.4) is 0 Å². The number of carbonyl (C=O) groups is 1. The van der Waals surface area contributed by atoms with E-state index in [0.717, 1.165) is 56.0 Å². The Hall–Kier alpha value is -3.39. The van der Waals surface area contributed by atoms with Gasteiger partial charge in [0, 0.05) is 37.1 Å². The van der Waals surface area contributed by atoms with Gasteiger partial charge in [0.25, 0.3) is 5.91 Å². The maximum atomic E-state index is 12.9. The van der Waals surface area contributed by atoms with Crippen LogP contribution in [0, 0.1) is 6.92 Å². The Bertz CT molecular complexity index is 1100. The molecular formula is C25H30N6O2. The summed E-state index contributed by atoms with van der Waals surface area (Å²) in [6, 6.07) is 7.43. The fourth-order valence-electron chi connectivity index (χ4n) is 4.16. The molecule has 1 unspecified atom stereocenters. The van der Waals surface area contributed by atoms with E-state index < -0.39 is 0 Å². The first-order chi connectivity index (χ1) is 16.1. The predicted octanol–water partition coefficient (Wildman–Crippen LogP) is 4.13. The summed E-state index contributed by atoms with van der Waals surface area (Å²) in [5.74, 6) is 1.97. The molecule has 1 saturated heterocycles. The Morgan fingerprint density at radius 1 is 1.15 bits per heavy atom. The van der Waals surface area contributed by atoms with Gasteiger partial charge in [-0.25, -0.2) is 19.9 Å². The first kappa shape index (κ1) is 22.8. The third kappa shape index (κ3) is 5.34. The molecule has 33 heavy (non-hydrogen) atoms. The van der Waals surface area contributed by atoms with Crippen molar-refractivity contribution in [1.82, 2.24) is 24.8 Å². The minimum atomic E-state index is -0.253. The number of aryl methyl sites for hydroxylation is 2. The van der Waals surface area contributed by atoms with Crippen molar-refractivity contribution in [2.24, 2.45) is 0 Å². The summed E-state index contributed by atoms with van der Waals surface area (Å²) in [7, 11) is 1.58. The third-order valence-corrected chi connectivity index (χ3v) is 5.97. The Kier molecular flexibility index (Phi) is 7.24. The van der Waals surface area contributed by atoms with Crippen LogP contribution in [0.1, 0.15) is 65.5 Å². The number of rotatable bonds is 7. The molecule has 1 amide bonds. The lowest BCUT2D eigenvalue weighted by atomic mass is 10.0. The van der Waals surface area contributed by atoms with E-state index in [4.69, 9.17) is 9.72 Å². The number of amides is 1. The summed E-state index contributed by atoms with van der Waals surface area (Å²) in [4.78, 5) is 33.5. The zero-order valence-corrected chi connectivity index (χ0v) is 19.4. The highest BCUT2D eigenvalue weighted by Gasteiger charge is 2.27. The summed E-state index contributed by atoms with van der Waals surface area (Å²) in [6.07, 6.45) is 9.54. The lowest BCUT2D eigenvalue weighted by Gasteiger charge is -2.34. The summed E-state index contributed by atoms with van der Waals surface area (Å²) in [5.41, 5.74) is 2.82.